The van der Waals surface area contributed by atoms with Gasteiger partial charge >= 0.3 is 0 Å². The standard InChI is InChI=1S/C12H25NO2S/c1-4-10(3)12(13-5-2)11-8-6-7-9-16(11,14)15/h10-13H,4-9H2,1-3H3. The van der Waals surface area contributed by atoms with E-state index in [2.05, 4.69) is 19.2 Å². The minimum absolute atomic E-state index is 0.139. The van der Waals surface area contributed by atoms with Gasteiger partial charge in [0.05, 0.1) is 11.0 Å². The van der Waals surface area contributed by atoms with E-state index in [-0.39, 0.29) is 11.3 Å². The van der Waals surface area contributed by atoms with Gasteiger partial charge in [0.2, 0.25) is 0 Å². The first-order chi connectivity index (χ1) is 7.53. The Labute approximate surface area is 99.9 Å². The van der Waals surface area contributed by atoms with Crippen LogP contribution in [0, 0.1) is 5.92 Å². The lowest BCUT2D eigenvalue weighted by atomic mass is 9.93. The predicted octanol–water partition coefficient (Wildman–Crippen LogP) is 1.98. The van der Waals surface area contributed by atoms with E-state index in [0.29, 0.717) is 11.7 Å². The lowest BCUT2D eigenvalue weighted by Crippen LogP contribution is -2.50. The number of nitrogens with one attached hydrogen (secondary N) is 1. The van der Waals surface area contributed by atoms with Gasteiger partial charge in [0.1, 0.15) is 0 Å². The third-order valence-electron chi connectivity index (χ3n) is 3.73. The minimum Gasteiger partial charge on any atom is -0.313 e. The lowest BCUT2D eigenvalue weighted by Gasteiger charge is -2.34. The Hall–Kier alpha value is -0.0900. The van der Waals surface area contributed by atoms with E-state index in [1.54, 1.807) is 0 Å². The van der Waals surface area contributed by atoms with Crippen molar-refractivity contribution in [2.45, 2.75) is 57.7 Å². The molecule has 0 aliphatic carbocycles. The Morgan fingerprint density at radius 1 is 1.31 bits per heavy atom. The Bertz CT molecular complexity index is 300. The fourth-order valence-corrected chi connectivity index (χ4v) is 4.82. The summed E-state index contributed by atoms with van der Waals surface area (Å²) in [5.41, 5.74) is 0. The summed E-state index contributed by atoms with van der Waals surface area (Å²) in [6, 6.07) is 0.139. The van der Waals surface area contributed by atoms with Gasteiger partial charge in [-0.05, 0) is 25.3 Å². The first-order valence-electron chi connectivity index (χ1n) is 6.47. The van der Waals surface area contributed by atoms with E-state index >= 15 is 0 Å². The summed E-state index contributed by atoms with van der Waals surface area (Å²) in [6.45, 7) is 7.17. The average Bonchev–Trinajstić information content (AvgIpc) is 2.25. The van der Waals surface area contributed by atoms with Crippen LogP contribution in [0.4, 0.5) is 0 Å². The topological polar surface area (TPSA) is 46.2 Å². The first kappa shape index (κ1) is 14.0. The van der Waals surface area contributed by atoms with Gasteiger partial charge < -0.3 is 5.32 Å². The van der Waals surface area contributed by atoms with Crippen molar-refractivity contribution in [3.8, 4) is 0 Å². The Morgan fingerprint density at radius 2 is 2.00 bits per heavy atom. The maximum atomic E-state index is 12.1. The highest BCUT2D eigenvalue weighted by Gasteiger charge is 2.36. The van der Waals surface area contributed by atoms with Crippen LogP contribution in [-0.4, -0.2) is 32.0 Å². The average molecular weight is 247 g/mol. The molecule has 1 rings (SSSR count). The number of rotatable bonds is 5. The summed E-state index contributed by atoms with van der Waals surface area (Å²) in [5.74, 6) is 0.813. The van der Waals surface area contributed by atoms with Crippen LogP contribution >= 0.6 is 0 Å². The van der Waals surface area contributed by atoms with Crippen molar-refractivity contribution in [1.29, 1.82) is 0 Å². The molecule has 1 N–H and O–H groups in total. The molecule has 4 heteroatoms. The molecule has 0 saturated carbocycles. The molecule has 16 heavy (non-hydrogen) atoms. The van der Waals surface area contributed by atoms with Gasteiger partial charge in [-0.3, -0.25) is 0 Å². The monoisotopic (exact) mass is 247 g/mol. The summed E-state index contributed by atoms with van der Waals surface area (Å²) in [4.78, 5) is 0. The van der Waals surface area contributed by atoms with E-state index in [9.17, 15) is 8.42 Å². The second-order valence-electron chi connectivity index (χ2n) is 4.87. The predicted molar refractivity (Wildman–Crippen MR) is 68.3 cm³/mol. The Kier molecular flexibility index (Phi) is 5.25. The third-order valence-corrected chi connectivity index (χ3v) is 6.04. The van der Waals surface area contributed by atoms with E-state index in [1.165, 1.54) is 0 Å². The van der Waals surface area contributed by atoms with Gasteiger partial charge in [0.25, 0.3) is 0 Å². The van der Waals surface area contributed by atoms with Crippen molar-refractivity contribution in [2.24, 2.45) is 5.92 Å². The van der Waals surface area contributed by atoms with Crippen LogP contribution < -0.4 is 5.32 Å². The summed E-state index contributed by atoms with van der Waals surface area (Å²) in [6.07, 6.45) is 3.77. The van der Waals surface area contributed by atoms with Gasteiger partial charge in [0.15, 0.2) is 9.84 Å². The molecule has 0 bridgehead atoms. The maximum Gasteiger partial charge on any atom is 0.154 e. The van der Waals surface area contributed by atoms with Gasteiger partial charge in [-0.1, -0.05) is 33.6 Å². The van der Waals surface area contributed by atoms with E-state index < -0.39 is 9.84 Å². The molecule has 96 valence electrons. The van der Waals surface area contributed by atoms with Crippen LogP contribution in [0.25, 0.3) is 0 Å². The Morgan fingerprint density at radius 3 is 2.50 bits per heavy atom. The van der Waals surface area contributed by atoms with Crippen molar-refractivity contribution >= 4 is 9.84 Å². The zero-order valence-electron chi connectivity index (χ0n) is 10.7. The highest BCUT2D eigenvalue weighted by molar-refractivity contribution is 7.92. The van der Waals surface area contributed by atoms with Crippen LogP contribution in [0.3, 0.4) is 0 Å². The largest absolute Gasteiger partial charge is 0.313 e. The van der Waals surface area contributed by atoms with E-state index in [4.69, 9.17) is 0 Å². The fraction of sp³-hybridized carbons (Fsp3) is 1.00. The molecule has 0 amide bonds. The highest BCUT2D eigenvalue weighted by Crippen LogP contribution is 2.26. The molecule has 1 saturated heterocycles. The number of hydrogen-bond acceptors (Lipinski definition) is 3. The van der Waals surface area contributed by atoms with Crippen LogP contribution in [0.5, 0.6) is 0 Å². The quantitative estimate of drug-likeness (QED) is 0.808. The van der Waals surface area contributed by atoms with Gasteiger partial charge in [-0.25, -0.2) is 8.42 Å². The number of sulfone groups is 1. The molecule has 1 aliphatic rings. The second kappa shape index (κ2) is 6.01. The molecule has 0 spiro atoms. The van der Waals surface area contributed by atoms with Gasteiger partial charge in [0, 0.05) is 6.04 Å². The zero-order chi connectivity index (χ0) is 12.2. The smallest absolute Gasteiger partial charge is 0.154 e. The molecular formula is C12H25NO2S. The SMILES string of the molecule is CCNC(C(C)CC)C1CCCCS1(=O)=O. The van der Waals surface area contributed by atoms with Gasteiger partial charge in [-0.15, -0.1) is 0 Å². The van der Waals surface area contributed by atoms with Crippen LogP contribution in [0.2, 0.25) is 0 Å². The summed E-state index contributed by atoms with van der Waals surface area (Å²) in [7, 11) is -2.86. The molecule has 0 aromatic rings. The van der Waals surface area contributed by atoms with Crippen molar-refractivity contribution < 1.29 is 8.42 Å². The molecule has 3 atom stereocenters. The molecule has 0 aromatic heterocycles. The van der Waals surface area contributed by atoms with Gasteiger partial charge in [-0.2, -0.15) is 0 Å². The minimum atomic E-state index is -2.86. The number of hydrogen-bond donors (Lipinski definition) is 1. The fourth-order valence-electron chi connectivity index (χ4n) is 2.57. The Balaban J connectivity index is 2.83. The van der Waals surface area contributed by atoms with Crippen LogP contribution in [-0.2, 0) is 9.84 Å². The molecule has 0 aromatic carbocycles. The summed E-state index contributed by atoms with van der Waals surface area (Å²) in [5, 5.41) is 3.22. The normalized spacial score (nSPS) is 28.6. The van der Waals surface area contributed by atoms with Crippen molar-refractivity contribution in [1.82, 2.24) is 5.32 Å². The summed E-state index contributed by atoms with van der Waals surface area (Å²) < 4.78 is 24.2. The van der Waals surface area contributed by atoms with Crippen LogP contribution in [0.15, 0.2) is 0 Å². The van der Waals surface area contributed by atoms with Crippen molar-refractivity contribution in [3.63, 3.8) is 0 Å². The third kappa shape index (κ3) is 3.20. The van der Waals surface area contributed by atoms with Crippen LogP contribution in [0.1, 0.15) is 46.5 Å². The molecule has 1 aliphatic heterocycles. The van der Waals surface area contributed by atoms with E-state index in [1.807, 2.05) is 6.92 Å². The summed E-state index contributed by atoms with van der Waals surface area (Å²) >= 11 is 0. The molecule has 3 unspecified atom stereocenters. The first-order valence-corrected chi connectivity index (χ1v) is 8.19. The lowest BCUT2D eigenvalue weighted by molar-refractivity contribution is 0.338. The molecular weight excluding hydrogens is 222 g/mol. The maximum absolute atomic E-state index is 12.1. The van der Waals surface area contributed by atoms with Crippen molar-refractivity contribution in [3.05, 3.63) is 0 Å². The highest BCUT2D eigenvalue weighted by atomic mass is 32.2. The van der Waals surface area contributed by atoms with Crippen molar-refractivity contribution in [2.75, 3.05) is 12.3 Å². The second-order valence-corrected chi connectivity index (χ2v) is 7.21. The zero-order valence-corrected chi connectivity index (χ0v) is 11.5. The van der Waals surface area contributed by atoms with E-state index in [0.717, 1.165) is 32.2 Å². The molecule has 3 nitrogen and oxygen atoms in total. The molecule has 1 heterocycles. The molecule has 1 fully saturated rings. The molecule has 0 radical (unpaired) electrons.